The van der Waals surface area contributed by atoms with Gasteiger partial charge in [-0.1, -0.05) is 281 Å². The van der Waals surface area contributed by atoms with E-state index < -0.39 is 6.10 Å². The first-order chi connectivity index (χ1) is 33.5. The Morgan fingerprint density at radius 2 is 0.574 bits per heavy atom. The van der Waals surface area contributed by atoms with Crippen LogP contribution in [0.4, 0.5) is 0 Å². The lowest BCUT2D eigenvalue weighted by Crippen LogP contribution is -2.30. The Kier molecular flexibility index (Phi) is 54.8. The minimum atomic E-state index is -0.790. The van der Waals surface area contributed by atoms with Crippen LogP contribution in [-0.4, -0.2) is 37.2 Å². The molecule has 0 aliphatic rings. The molecule has 1 unspecified atom stereocenters. The van der Waals surface area contributed by atoms with Crippen LogP contribution in [0.15, 0.2) is 48.6 Å². The van der Waals surface area contributed by atoms with E-state index in [1.54, 1.807) is 0 Å². The van der Waals surface area contributed by atoms with E-state index in [2.05, 4.69) is 69.4 Å². The van der Waals surface area contributed by atoms with Gasteiger partial charge in [-0.05, 0) is 57.8 Å². The SMILES string of the molecule is CC/C=C\C/C=C\C/C=C\C/C=C\CCCCC(=O)OC(COC(=O)CCCCCCCCCC)COC(=O)CCCCCCCCCCCCCCCCCCCCCCCCCCCCC. The third-order valence-corrected chi connectivity index (χ3v) is 13.1. The van der Waals surface area contributed by atoms with Crippen LogP contribution in [0.3, 0.4) is 0 Å². The Balaban J connectivity index is 4.11. The lowest BCUT2D eigenvalue weighted by atomic mass is 10.0. The lowest BCUT2D eigenvalue weighted by molar-refractivity contribution is -0.167. The molecule has 1 atom stereocenters. The standard InChI is InChI=1S/C62H112O6/c1-4-7-10-13-16-19-21-23-25-26-27-28-29-30-31-32-33-34-35-36-38-39-41-43-46-49-52-55-61(64)67-58-59(57-66-60(63)54-51-48-45-18-15-12-9-6-3)68-62(65)56-53-50-47-44-42-40-37-24-22-20-17-14-11-8-5-2/h8,11,17,20,24,37,42,44,59H,4-7,9-10,12-16,18-19,21-23,25-36,38-41,43,45-58H2,1-3H3/b11-8-,20-17-,37-24-,44-42-. The minimum Gasteiger partial charge on any atom is -0.462 e. The van der Waals surface area contributed by atoms with Crippen molar-refractivity contribution < 1.29 is 28.6 Å². The van der Waals surface area contributed by atoms with E-state index in [1.807, 2.05) is 0 Å². The molecule has 0 rings (SSSR count). The van der Waals surface area contributed by atoms with Crippen LogP contribution in [0.1, 0.15) is 310 Å². The van der Waals surface area contributed by atoms with Crippen molar-refractivity contribution in [2.45, 2.75) is 316 Å². The predicted octanol–water partition coefficient (Wildman–Crippen LogP) is 19.8. The molecule has 68 heavy (non-hydrogen) atoms. The second-order valence-electron chi connectivity index (χ2n) is 19.9. The fourth-order valence-electron chi connectivity index (χ4n) is 8.67. The number of unbranched alkanes of at least 4 members (excludes halogenated alkanes) is 35. The molecule has 0 aromatic rings. The first-order valence-corrected chi connectivity index (χ1v) is 29.6. The van der Waals surface area contributed by atoms with Crippen molar-refractivity contribution in [3.05, 3.63) is 48.6 Å². The first kappa shape index (κ1) is 65.4. The molecule has 0 bridgehead atoms. The van der Waals surface area contributed by atoms with E-state index in [0.717, 1.165) is 77.0 Å². The summed E-state index contributed by atoms with van der Waals surface area (Å²) in [5.74, 6) is -0.920. The van der Waals surface area contributed by atoms with Gasteiger partial charge in [0.1, 0.15) is 13.2 Å². The molecule has 0 spiro atoms. The van der Waals surface area contributed by atoms with E-state index >= 15 is 0 Å². The van der Waals surface area contributed by atoms with Gasteiger partial charge < -0.3 is 14.2 Å². The van der Waals surface area contributed by atoms with Crippen LogP contribution in [0.25, 0.3) is 0 Å². The number of rotatable bonds is 54. The molecule has 0 aliphatic heterocycles. The highest BCUT2D eigenvalue weighted by Crippen LogP contribution is 2.17. The van der Waals surface area contributed by atoms with Crippen LogP contribution in [-0.2, 0) is 28.6 Å². The van der Waals surface area contributed by atoms with Crippen molar-refractivity contribution in [2.75, 3.05) is 13.2 Å². The molecular formula is C62H112O6. The maximum Gasteiger partial charge on any atom is 0.306 e. The van der Waals surface area contributed by atoms with Gasteiger partial charge in [-0.3, -0.25) is 14.4 Å². The summed E-state index contributed by atoms with van der Waals surface area (Å²) in [5, 5.41) is 0. The Morgan fingerprint density at radius 1 is 0.309 bits per heavy atom. The highest BCUT2D eigenvalue weighted by Gasteiger charge is 2.19. The summed E-state index contributed by atoms with van der Waals surface area (Å²) in [7, 11) is 0. The molecule has 396 valence electrons. The van der Waals surface area contributed by atoms with Crippen LogP contribution in [0, 0.1) is 0 Å². The molecule has 6 heteroatoms. The lowest BCUT2D eigenvalue weighted by Gasteiger charge is -2.18. The van der Waals surface area contributed by atoms with Gasteiger partial charge >= 0.3 is 17.9 Å². The molecule has 0 saturated carbocycles. The Morgan fingerprint density at radius 3 is 0.897 bits per heavy atom. The van der Waals surface area contributed by atoms with E-state index in [4.69, 9.17) is 14.2 Å². The monoisotopic (exact) mass is 953 g/mol. The van der Waals surface area contributed by atoms with Crippen molar-refractivity contribution in [1.29, 1.82) is 0 Å². The third kappa shape index (κ3) is 54.3. The molecule has 0 aliphatic carbocycles. The average Bonchev–Trinajstić information content (AvgIpc) is 3.34. The van der Waals surface area contributed by atoms with Gasteiger partial charge in [0.2, 0.25) is 0 Å². The molecule has 0 aromatic carbocycles. The highest BCUT2D eigenvalue weighted by atomic mass is 16.6. The van der Waals surface area contributed by atoms with Crippen molar-refractivity contribution in [1.82, 2.24) is 0 Å². The topological polar surface area (TPSA) is 78.9 Å². The van der Waals surface area contributed by atoms with Crippen molar-refractivity contribution in [3.63, 3.8) is 0 Å². The summed E-state index contributed by atoms with van der Waals surface area (Å²) in [5.41, 5.74) is 0. The fraction of sp³-hybridized carbons (Fsp3) is 0.823. The Bertz CT molecular complexity index is 1190. The van der Waals surface area contributed by atoms with E-state index in [-0.39, 0.29) is 37.5 Å². The van der Waals surface area contributed by atoms with Crippen LogP contribution < -0.4 is 0 Å². The predicted molar refractivity (Wildman–Crippen MR) is 293 cm³/mol. The summed E-state index contributed by atoms with van der Waals surface area (Å²) >= 11 is 0. The number of ether oxygens (including phenoxy) is 3. The Labute approximate surface area is 422 Å². The first-order valence-electron chi connectivity index (χ1n) is 29.6. The van der Waals surface area contributed by atoms with Gasteiger partial charge in [0.05, 0.1) is 0 Å². The summed E-state index contributed by atoms with van der Waals surface area (Å²) in [6, 6.07) is 0. The Hall–Kier alpha value is -2.63. The fourth-order valence-corrected chi connectivity index (χ4v) is 8.67. The van der Waals surface area contributed by atoms with Gasteiger partial charge in [0, 0.05) is 19.3 Å². The van der Waals surface area contributed by atoms with E-state index in [1.165, 1.54) is 186 Å². The molecular weight excluding hydrogens is 841 g/mol. The van der Waals surface area contributed by atoms with Crippen molar-refractivity contribution in [3.8, 4) is 0 Å². The maximum atomic E-state index is 12.8. The highest BCUT2D eigenvalue weighted by molar-refractivity contribution is 5.71. The van der Waals surface area contributed by atoms with E-state index in [0.29, 0.717) is 19.3 Å². The number of hydrogen-bond acceptors (Lipinski definition) is 6. The molecule has 0 radical (unpaired) electrons. The summed E-state index contributed by atoms with van der Waals surface area (Å²) in [6.45, 7) is 6.50. The maximum absolute atomic E-state index is 12.8. The van der Waals surface area contributed by atoms with Crippen molar-refractivity contribution >= 4 is 17.9 Å². The quantitative estimate of drug-likeness (QED) is 0.0262. The molecule has 0 N–H and O–H groups in total. The zero-order chi connectivity index (χ0) is 49.3. The van der Waals surface area contributed by atoms with Gasteiger partial charge in [-0.25, -0.2) is 0 Å². The van der Waals surface area contributed by atoms with Crippen LogP contribution in [0.2, 0.25) is 0 Å². The van der Waals surface area contributed by atoms with Gasteiger partial charge in [-0.15, -0.1) is 0 Å². The summed E-state index contributed by atoms with van der Waals surface area (Å²) in [6.07, 6.45) is 70.0. The number of carbonyl (C=O) groups is 3. The number of carbonyl (C=O) groups excluding carboxylic acids is 3. The van der Waals surface area contributed by atoms with Crippen LogP contribution in [0.5, 0.6) is 0 Å². The molecule has 0 heterocycles. The number of hydrogen-bond donors (Lipinski definition) is 0. The van der Waals surface area contributed by atoms with E-state index in [9.17, 15) is 14.4 Å². The largest absolute Gasteiger partial charge is 0.462 e. The zero-order valence-electron chi connectivity index (χ0n) is 45.4. The summed E-state index contributed by atoms with van der Waals surface area (Å²) < 4.78 is 16.8. The van der Waals surface area contributed by atoms with Crippen LogP contribution >= 0.6 is 0 Å². The average molecular weight is 954 g/mol. The zero-order valence-corrected chi connectivity index (χ0v) is 45.4. The molecule has 0 fully saturated rings. The summed E-state index contributed by atoms with van der Waals surface area (Å²) in [4.78, 5) is 37.9. The van der Waals surface area contributed by atoms with Gasteiger partial charge in [0.25, 0.3) is 0 Å². The normalized spacial score (nSPS) is 12.3. The minimum absolute atomic E-state index is 0.0862. The van der Waals surface area contributed by atoms with Gasteiger partial charge in [0.15, 0.2) is 6.10 Å². The third-order valence-electron chi connectivity index (χ3n) is 13.1. The molecule has 6 nitrogen and oxygen atoms in total. The molecule has 0 saturated heterocycles. The van der Waals surface area contributed by atoms with Gasteiger partial charge in [-0.2, -0.15) is 0 Å². The van der Waals surface area contributed by atoms with Crippen molar-refractivity contribution in [2.24, 2.45) is 0 Å². The second kappa shape index (κ2) is 57.0. The number of allylic oxidation sites excluding steroid dienone is 8. The smallest absolute Gasteiger partial charge is 0.306 e. The second-order valence-corrected chi connectivity index (χ2v) is 19.9. The number of esters is 3. The molecule has 0 amide bonds. The molecule has 0 aromatic heterocycles.